The summed E-state index contributed by atoms with van der Waals surface area (Å²) in [5.41, 5.74) is 1.58. The highest BCUT2D eigenvalue weighted by Gasteiger charge is 2.28. The molecule has 0 radical (unpaired) electrons. The van der Waals surface area contributed by atoms with E-state index in [0.29, 0.717) is 30.8 Å². The molecule has 9 heteroatoms. The highest BCUT2D eigenvalue weighted by Crippen LogP contribution is 2.24. The van der Waals surface area contributed by atoms with Crippen LogP contribution in [0.1, 0.15) is 57.4 Å². The lowest BCUT2D eigenvalue weighted by atomic mass is 9.95. The lowest BCUT2D eigenvalue weighted by Crippen LogP contribution is -2.51. The van der Waals surface area contributed by atoms with Gasteiger partial charge in [0, 0.05) is 31.6 Å². The van der Waals surface area contributed by atoms with Crippen molar-refractivity contribution >= 4 is 27.5 Å². The van der Waals surface area contributed by atoms with Crippen molar-refractivity contribution < 1.29 is 22.7 Å². The summed E-state index contributed by atoms with van der Waals surface area (Å²) in [5.74, 6) is 0.260. The van der Waals surface area contributed by atoms with Crippen LogP contribution in [0.15, 0.2) is 54.6 Å². The van der Waals surface area contributed by atoms with Crippen LogP contribution in [0, 0.1) is 0 Å². The van der Waals surface area contributed by atoms with Gasteiger partial charge in [-0.2, -0.15) is 0 Å². The third-order valence-corrected chi connectivity index (χ3v) is 8.29. The molecule has 2 aromatic rings. The molecule has 0 aromatic heterocycles. The van der Waals surface area contributed by atoms with Gasteiger partial charge in [0.25, 0.3) is 0 Å². The highest BCUT2D eigenvalue weighted by atomic mass is 32.2. The van der Waals surface area contributed by atoms with Crippen LogP contribution in [-0.4, -0.2) is 63.7 Å². The number of nitrogens with one attached hydrogen (secondary N) is 1. The van der Waals surface area contributed by atoms with Crippen LogP contribution in [0.2, 0.25) is 0 Å². The number of hydrogen-bond acceptors (Lipinski definition) is 5. The summed E-state index contributed by atoms with van der Waals surface area (Å²) in [6, 6.07) is 16.3. The molecule has 1 unspecified atom stereocenters. The Morgan fingerprint density at radius 1 is 1.03 bits per heavy atom. The predicted molar refractivity (Wildman–Crippen MR) is 151 cm³/mol. The summed E-state index contributed by atoms with van der Waals surface area (Å²) in [4.78, 5) is 28.2. The number of hydrogen-bond donors (Lipinski definition) is 1. The average Bonchev–Trinajstić information content (AvgIpc) is 2.91. The van der Waals surface area contributed by atoms with Gasteiger partial charge in [-0.3, -0.25) is 13.9 Å². The summed E-state index contributed by atoms with van der Waals surface area (Å²) in [6.45, 7) is 2.33. The fourth-order valence-electron chi connectivity index (χ4n) is 4.91. The van der Waals surface area contributed by atoms with Crippen molar-refractivity contribution in [1.82, 2.24) is 10.2 Å². The molecule has 38 heavy (non-hydrogen) atoms. The first kappa shape index (κ1) is 29.5. The van der Waals surface area contributed by atoms with E-state index in [0.717, 1.165) is 37.5 Å². The molecular weight excluding hydrogens is 502 g/mol. The van der Waals surface area contributed by atoms with Gasteiger partial charge in [-0.1, -0.05) is 55.7 Å². The number of amides is 2. The molecule has 0 aliphatic heterocycles. The fourth-order valence-corrected chi connectivity index (χ4v) is 5.87. The van der Waals surface area contributed by atoms with Crippen molar-refractivity contribution in [3.8, 4) is 5.75 Å². The van der Waals surface area contributed by atoms with Gasteiger partial charge in [0.2, 0.25) is 21.8 Å². The third kappa shape index (κ3) is 8.75. The second kappa shape index (κ2) is 14.2. The fraction of sp³-hybridized carbons (Fsp3) is 0.517. The molecule has 1 atom stereocenters. The summed E-state index contributed by atoms with van der Waals surface area (Å²) in [5, 5.41) is 3.15. The molecule has 0 spiro atoms. The van der Waals surface area contributed by atoms with Crippen LogP contribution >= 0.6 is 0 Å². The molecule has 8 nitrogen and oxygen atoms in total. The smallest absolute Gasteiger partial charge is 0.242 e. The van der Waals surface area contributed by atoms with Crippen molar-refractivity contribution in [3.63, 3.8) is 0 Å². The molecule has 2 aromatic carbocycles. The third-order valence-electron chi connectivity index (χ3n) is 7.10. The number of rotatable bonds is 13. The summed E-state index contributed by atoms with van der Waals surface area (Å²) < 4.78 is 31.6. The number of benzene rings is 2. The Labute approximate surface area is 227 Å². The van der Waals surface area contributed by atoms with E-state index in [1.807, 2.05) is 30.3 Å². The molecule has 0 saturated heterocycles. The molecule has 0 bridgehead atoms. The van der Waals surface area contributed by atoms with Crippen LogP contribution in [0.5, 0.6) is 5.75 Å². The quantitative estimate of drug-likeness (QED) is 0.410. The Morgan fingerprint density at radius 3 is 2.39 bits per heavy atom. The van der Waals surface area contributed by atoms with Crippen LogP contribution in [0.25, 0.3) is 0 Å². The van der Waals surface area contributed by atoms with Crippen LogP contribution in [0.3, 0.4) is 0 Å². The van der Waals surface area contributed by atoms with Crippen molar-refractivity contribution in [2.45, 2.75) is 70.4 Å². The molecule has 0 heterocycles. The number of anilines is 1. The van der Waals surface area contributed by atoms with E-state index in [-0.39, 0.29) is 30.8 Å². The number of nitrogens with zero attached hydrogens (tertiary/aromatic N) is 2. The molecule has 3 rings (SSSR count). The molecule has 2 amide bonds. The average molecular weight is 544 g/mol. The molecular formula is C29H41N3O5S. The van der Waals surface area contributed by atoms with Gasteiger partial charge in [0.15, 0.2) is 0 Å². The maximum Gasteiger partial charge on any atom is 0.242 e. The zero-order chi connectivity index (χ0) is 27.5. The summed E-state index contributed by atoms with van der Waals surface area (Å²) in [7, 11) is -2.04. The molecule has 1 N–H and O–H groups in total. The van der Waals surface area contributed by atoms with Gasteiger partial charge in [-0.15, -0.1) is 0 Å². The van der Waals surface area contributed by atoms with E-state index in [1.54, 1.807) is 36.1 Å². The van der Waals surface area contributed by atoms with E-state index in [1.165, 1.54) is 17.8 Å². The van der Waals surface area contributed by atoms with Crippen molar-refractivity contribution in [1.29, 1.82) is 0 Å². The SMILES string of the molecule is COc1cccc(N(CCCC(=O)N(CCc2ccccc2)C(C)C(=O)NC2CCCCC2)S(C)(=O)=O)c1. The van der Waals surface area contributed by atoms with Gasteiger partial charge >= 0.3 is 0 Å². The minimum atomic E-state index is -3.56. The Hall–Kier alpha value is -3.07. The number of methoxy groups -OCH3 is 1. The monoisotopic (exact) mass is 543 g/mol. The highest BCUT2D eigenvalue weighted by molar-refractivity contribution is 7.92. The van der Waals surface area contributed by atoms with Crippen LogP contribution in [-0.2, 0) is 26.0 Å². The maximum absolute atomic E-state index is 13.4. The van der Waals surface area contributed by atoms with Gasteiger partial charge in [-0.25, -0.2) is 8.42 Å². The van der Waals surface area contributed by atoms with Gasteiger partial charge < -0.3 is 15.0 Å². The lowest BCUT2D eigenvalue weighted by molar-refractivity contribution is -0.140. The Kier molecular flexibility index (Phi) is 11.0. The number of carbonyl (C=O) groups excluding carboxylic acids is 2. The van der Waals surface area contributed by atoms with E-state index >= 15 is 0 Å². The first-order valence-electron chi connectivity index (χ1n) is 13.4. The first-order chi connectivity index (χ1) is 18.2. The Morgan fingerprint density at radius 2 is 1.74 bits per heavy atom. The molecule has 208 valence electrons. The number of sulfonamides is 1. The summed E-state index contributed by atoms with van der Waals surface area (Å²) in [6.07, 6.45) is 7.60. The lowest BCUT2D eigenvalue weighted by Gasteiger charge is -2.31. The van der Waals surface area contributed by atoms with Gasteiger partial charge in [0.1, 0.15) is 11.8 Å². The standard InChI is InChI=1S/C29H41N3O5S/c1-23(29(34)30-25-14-8-5-9-15-25)31(21-19-24-12-6-4-7-13-24)28(33)18-11-20-32(38(3,35)36)26-16-10-17-27(22-26)37-2/h4,6-7,10,12-13,16-17,22-23,25H,5,8-9,11,14-15,18-21H2,1-3H3,(H,30,34). The van der Waals surface area contributed by atoms with Crippen LogP contribution in [0.4, 0.5) is 5.69 Å². The second-order valence-corrected chi connectivity index (χ2v) is 11.9. The molecule has 1 fully saturated rings. The van der Waals surface area contributed by atoms with E-state index in [2.05, 4.69) is 5.32 Å². The summed E-state index contributed by atoms with van der Waals surface area (Å²) >= 11 is 0. The predicted octanol–water partition coefficient (Wildman–Crippen LogP) is 4.15. The Balaban J connectivity index is 1.68. The normalized spacial score (nSPS) is 14.9. The van der Waals surface area contributed by atoms with Gasteiger partial charge in [-0.05, 0) is 50.3 Å². The minimum absolute atomic E-state index is 0.131. The van der Waals surface area contributed by atoms with Crippen molar-refractivity contribution in [2.24, 2.45) is 0 Å². The number of carbonyl (C=O) groups is 2. The first-order valence-corrected chi connectivity index (χ1v) is 15.3. The largest absolute Gasteiger partial charge is 0.497 e. The van der Waals surface area contributed by atoms with E-state index in [9.17, 15) is 18.0 Å². The Bertz CT molecular complexity index is 1150. The minimum Gasteiger partial charge on any atom is -0.497 e. The second-order valence-electron chi connectivity index (χ2n) is 9.98. The van der Waals surface area contributed by atoms with Crippen molar-refractivity contribution in [3.05, 3.63) is 60.2 Å². The zero-order valence-electron chi connectivity index (χ0n) is 22.8. The van der Waals surface area contributed by atoms with E-state index < -0.39 is 16.1 Å². The molecule has 1 saturated carbocycles. The zero-order valence-corrected chi connectivity index (χ0v) is 23.6. The molecule has 1 aliphatic carbocycles. The van der Waals surface area contributed by atoms with Crippen LogP contribution < -0.4 is 14.4 Å². The topological polar surface area (TPSA) is 96.0 Å². The van der Waals surface area contributed by atoms with Gasteiger partial charge in [0.05, 0.1) is 19.1 Å². The van der Waals surface area contributed by atoms with Crippen molar-refractivity contribution in [2.75, 3.05) is 30.8 Å². The van der Waals surface area contributed by atoms with E-state index in [4.69, 9.17) is 4.74 Å². The number of ether oxygens (including phenoxy) is 1. The maximum atomic E-state index is 13.4. The molecule has 1 aliphatic rings.